The minimum atomic E-state index is -0.206. The highest BCUT2D eigenvalue weighted by Crippen LogP contribution is 2.47. The summed E-state index contributed by atoms with van der Waals surface area (Å²) in [6.45, 7) is 4.85. The summed E-state index contributed by atoms with van der Waals surface area (Å²) in [5, 5.41) is 0. The molecule has 0 radical (unpaired) electrons. The van der Waals surface area contributed by atoms with E-state index in [9.17, 15) is 9.18 Å². The number of halogens is 1. The molecule has 6 heteroatoms. The van der Waals surface area contributed by atoms with Crippen LogP contribution in [0.25, 0.3) is 0 Å². The number of carbonyl (C=O) groups excluding carboxylic acids is 1. The summed E-state index contributed by atoms with van der Waals surface area (Å²) in [5.74, 6) is 0.744. The van der Waals surface area contributed by atoms with Crippen molar-refractivity contribution in [1.82, 2.24) is 14.8 Å². The number of benzene rings is 1. The zero-order chi connectivity index (χ0) is 17.8. The van der Waals surface area contributed by atoms with Crippen molar-refractivity contribution in [2.45, 2.75) is 37.8 Å². The normalized spacial score (nSPS) is 32.7. The summed E-state index contributed by atoms with van der Waals surface area (Å²) >= 11 is 1.44. The van der Waals surface area contributed by atoms with Gasteiger partial charge in [0.05, 0.1) is 17.2 Å². The summed E-state index contributed by atoms with van der Waals surface area (Å²) < 4.78 is 13.4. The van der Waals surface area contributed by atoms with Gasteiger partial charge < -0.3 is 4.90 Å². The van der Waals surface area contributed by atoms with Crippen LogP contribution in [-0.2, 0) is 0 Å². The van der Waals surface area contributed by atoms with Gasteiger partial charge >= 0.3 is 0 Å². The maximum Gasteiger partial charge on any atom is 0.266 e. The number of thiazole rings is 1. The molecule has 4 saturated heterocycles. The Labute approximate surface area is 156 Å². The van der Waals surface area contributed by atoms with Crippen LogP contribution in [0, 0.1) is 18.7 Å². The molecule has 4 nitrogen and oxygen atoms in total. The van der Waals surface area contributed by atoms with E-state index in [2.05, 4.69) is 14.8 Å². The minimum Gasteiger partial charge on any atom is -0.332 e. The van der Waals surface area contributed by atoms with Gasteiger partial charge in [0, 0.05) is 18.5 Å². The van der Waals surface area contributed by atoms with Gasteiger partial charge in [-0.15, -0.1) is 11.3 Å². The maximum absolute atomic E-state index is 13.4. The predicted molar refractivity (Wildman–Crippen MR) is 98.9 cm³/mol. The van der Waals surface area contributed by atoms with E-state index in [4.69, 9.17) is 0 Å². The van der Waals surface area contributed by atoms with E-state index in [0.717, 1.165) is 29.2 Å². The molecular formula is C20H22FN3OS. The second-order valence-corrected chi connectivity index (χ2v) is 8.59. The van der Waals surface area contributed by atoms with Crippen molar-refractivity contribution in [2.75, 3.05) is 19.6 Å². The van der Waals surface area contributed by atoms with Crippen LogP contribution in [0.4, 0.5) is 4.39 Å². The Morgan fingerprint density at radius 3 is 2.58 bits per heavy atom. The number of nitrogens with zero attached hydrogens (tertiary/aromatic N) is 3. The Morgan fingerprint density at radius 2 is 1.92 bits per heavy atom. The van der Waals surface area contributed by atoms with Crippen LogP contribution in [0.1, 0.15) is 39.7 Å². The first-order chi connectivity index (χ1) is 12.6. The van der Waals surface area contributed by atoms with Gasteiger partial charge in [0.1, 0.15) is 10.7 Å². The highest BCUT2D eigenvalue weighted by molar-refractivity contribution is 7.11. The van der Waals surface area contributed by atoms with E-state index in [1.54, 1.807) is 17.6 Å². The summed E-state index contributed by atoms with van der Waals surface area (Å²) in [6, 6.07) is 7.49. The molecule has 0 unspecified atom stereocenters. The van der Waals surface area contributed by atoms with Gasteiger partial charge in [0.25, 0.3) is 5.91 Å². The van der Waals surface area contributed by atoms with Crippen molar-refractivity contribution in [3.63, 3.8) is 0 Å². The molecule has 136 valence electrons. The molecule has 3 atom stereocenters. The first-order valence-electron chi connectivity index (χ1n) is 9.34. The van der Waals surface area contributed by atoms with Crippen molar-refractivity contribution in [1.29, 1.82) is 0 Å². The van der Waals surface area contributed by atoms with E-state index in [1.807, 2.05) is 19.1 Å². The number of rotatable bonds is 2. The number of aryl methyl sites for hydroxylation is 1. The molecule has 4 aliphatic heterocycles. The fraction of sp³-hybridized carbons (Fsp3) is 0.500. The molecule has 6 rings (SSSR count). The van der Waals surface area contributed by atoms with Gasteiger partial charge in [-0.05, 0) is 56.5 Å². The third-order valence-corrected chi connectivity index (χ3v) is 7.41. The lowest BCUT2D eigenvalue weighted by molar-refractivity contribution is -0.00329. The second-order valence-electron chi connectivity index (χ2n) is 7.74. The molecule has 0 saturated carbocycles. The van der Waals surface area contributed by atoms with Crippen molar-refractivity contribution >= 4 is 17.2 Å². The summed E-state index contributed by atoms with van der Waals surface area (Å²) in [5.41, 5.74) is 3.72. The van der Waals surface area contributed by atoms with E-state index >= 15 is 0 Å². The van der Waals surface area contributed by atoms with Crippen molar-refractivity contribution in [3.05, 3.63) is 51.7 Å². The third kappa shape index (κ3) is 2.42. The number of amides is 1. The quantitative estimate of drug-likeness (QED) is 0.813. The molecule has 0 N–H and O–H groups in total. The largest absolute Gasteiger partial charge is 0.332 e. The van der Waals surface area contributed by atoms with Gasteiger partial charge in [-0.2, -0.15) is 0 Å². The van der Waals surface area contributed by atoms with E-state index in [0.29, 0.717) is 18.5 Å². The predicted octanol–water partition coefficient (Wildman–Crippen LogP) is 3.29. The lowest BCUT2D eigenvalue weighted by Gasteiger charge is -2.51. The molecule has 1 aromatic heterocycles. The summed E-state index contributed by atoms with van der Waals surface area (Å²) in [6.07, 6.45) is 2.34. The fourth-order valence-corrected chi connectivity index (χ4v) is 6.05. The molecule has 2 aromatic rings. The van der Waals surface area contributed by atoms with E-state index in [1.165, 1.54) is 24.2 Å². The Kier molecular flexibility index (Phi) is 3.87. The molecule has 5 heterocycles. The zero-order valence-electron chi connectivity index (χ0n) is 14.8. The first-order valence-corrected chi connectivity index (χ1v) is 10.2. The number of fused-ring (bicyclic) bond motifs is 2. The monoisotopic (exact) mass is 371 g/mol. The van der Waals surface area contributed by atoms with Crippen molar-refractivity contribution in [3.8, 4) is 0 Å². The SMILES string of the molecule is Cc1ncsc1C(=O)N1C[C@H](c2ccc(F)cc2)[C@H]2[C@@H]1C1CCN2CC1. The van der Waals surface area contributed by atoms with Crippen molar-refractivity contribution in [2.24, 2.45) is 5.92 Å². The van der Waals surface area contributed by atoms with Gasteiger partial charge in [-0.25, -0.2) is 9.37 Å². The Hall–Kier alpha value is -1.79. The smallest absolute Gasteiger partial charge is 0.266 e. The molecular weight excluding hydrogens is 349 g/mol. The van der Waals surface area contributed by atoms with Gasteiger partial charge in [0.15, 0.2) is 0 Å². The number of piperidine rings is 3. The van der Waals surface area contributed by atoms with Crippen LogP contribution in [-0.4, -0.2) is 52.4 Å². The standard InChI is InChI=1S/C20H22FN3OS/c1-12-19(26-11-22-12)20(25)24-10-16(13-2-4-15(21)5-3-13)18-17(24)14-6-8-23(18)9-7-14/h2-5,11,14,16-18H,6-10H2,1H3/t16-,17+,18+/m1/s1. The van der Waals surface area contributed by atoms with Crippen LogP contribution in [0.5, 0.6) is 0 Å². The van der Waals surface area contributed by atoms with Gasteiger partial charge in [-0.1, -0.05) is 12.1 Å². The molecule has 4 aliphatic rings. The molecule has 1 amide bonds. The fourth-order valence-electron chi connectivity index (χ4n) is 5.30. The van der Waals surface area contributed by atoms with Crippen LogP contribution < -0.4 is 0 Å². The Balaban J connectivity index is 1.53. The lowest BCUT2D eigenvalue weighted by Crippen LogP contribution is -2.60. The van der Waals surface area contributed by atoms with Crippen LogP contribution in [0.15, 0.2) is 29.8 Å². The van der Waals surface area contributed by atoms with Crippen molar-refractivity contribution < 1.29 is 9.18 Å². The average Bonchev–Trinajstić information content (AvgIpc) is 3.28. The van der Waals surface area contributed by atoms with Crippen LogP contribution in [0.2, 0.25) is 0 Å². The highest BCUT2D eigenvalue weighted by atomic mass is 32.1. The zero-order valence-corrected chi connectivity index (χ0v) is 15.6. The lowest BCUT2D eigenvalue weighted by atomic mass is 9.75. The molecule has 2 bridgehead atoms. The Morgan fingerprint density at radius 1 is 1.19 bits per heavy atom. The van der Waals surface area contributed by atoms with E-state index < -0.39 is 0 Å². The molecule has 0 aliphatic carbocycles. The molecule has 1 aromatic carbocycles. The highest BCUT2D eigenvalue weighted by Gasteiger charge is 2.54. The number of hydrogen-bond acceptors (Lipinski definition) is 4. The molecule has 0 spiro atoms. The first kappa shape index (κ1) is 16.4. The maximum atomic E-state index is 13.4. The summed E-state index contributed by atoms with van der Waals surface area (Å²) in [7, 11) is 0. The Bertz CT molecular complexity index is 828. The number of hydrogen-bond donors (Lipinski definition) is 0. The van der Waals surface area contributed by atoms with Crippen LogP contribution in [0.3, 0.4) is 0 Å². The molecule has 26 heavy (non-hydrogen) atoms. The van der Waals surface area contributed by atoms with Gasteiger partial charge in [0.2, 0.25) is 0 Å². The van der Waals surface area contributed by atoms with Crippen LogP contribution >= 0.6 is 11.3 Å². The number of aromatic nitrogens is 1. The summed E-state index contributed by atoms with van der Waals surface area (Å²) in [4.78, 5) is 23.0. The number of carbonyl (C=O) groups is 1. The van der Waals surface area contributed by atoms with E-state index in [-0.39, 0.29) is 23.7 Å². The van der Waals surface area contributed by atoms with Gasteiger partial charge in [-0.3, -0.25) is 9.69 Å². The average molecular weight is 371 g/mol. The minimum absolute atomic E-state index is 0.123. The number of likely N-dealkylation sites (tertiary alicyclic amines) is 1. The topological polar surface area (TPSA) is 36.4 Å². The second kappa shape index (κ2) is 6.13. The third-order valence-electron chi connectivity index (χ3n) is 6.49. The molecule has 4 fully saturated rings.